The Labute approximate surface area is 283 Å². The summed E-state index contributed by atoms with van der Waals surface area (Å²) in [6.07, 6.45) is 28.3. The molecule has 0 bridgehead atoms. The van der Waals surface area contributed by atoms with Gasteiger partial charge in [-0.25, -0.2) is 4.57 Å². The van der Waals surface area contributed by atoms with Crippen molar-refractivity contribution in [2.45, 2.75) is 161 Å². The molecule has 0 heterocycles. The molecule has 0 rings (SSSR count). The summed E-state index contributed by atoms with van der Waals surface area (Å²) in [7, 11) is -4.70. The maximum Gasteiger partial charge on any atom is 0.472 e. The Morgan fingerprint density at radius 2 is 1.15 bits per heavy atom. The van der Waals surface area contributed by atoms with Gasteiger partial charge in [0.2, 0.25) is 0 Å². The van der Waals surface area contributed by atoms with Crippen molar-refractivity contribution in [1.29, 1.82) is 0 Å². The Hall–Kier alpha value is -2.04. The minimum absolute atomic E-state index is 0.160. The van der Waals surface area contributed by atoms with Gasteiger partial charge in [-0.05, 0) is 38.5 Å². The lowest BCUT2D eigenvalue weighted by atomic mass is 10.1. The summed E-state index contributed by atoms with van der Waals surface area (Å²) in [5.74, 6) is -2.40. The third-order valence-electron chi connectivity index (χ3n) is 7.45. The number of phosphoric acid groups is 1. The fourth-order valence-electron chi connectivity index (χ4n) is 4.55. The van der Waals surface area contributed by atoms with Gasteiger partial charge in [0.25, 0.3) is 0 Å². The summed E-state index contributed by atoms with van der Waals surface area (Å²) < 4.78 is 32.4. The van der Waals surface area contributed by atoms with E-state index in [1.807, 2.05) is 0 Å². The Morgan fingerprint density at radius 1 is 0.660 bits per heavy atom. The van der Waals surface area contributed by atoms with Gasteiger partial charge in [-0.1, -0.05) is 122 Å². The number of nitrogens with two attached hydrogens (primary N) is 1. The zero-order chi connectivity index (χ0) is 35.0. The van der Waals surface area contributed by atoms with Crippen LogP contribution in [0.5, 0.6) is 0 Å². The molecule has 0 aromatic carbocycles. The van der Waals surface area contributed by atoms with E-state index in [-0.39, 0.29) is 19.4 Å². The molecule has 274 valence electrons. The number of carbonyl (C=O) groups excluding carboxylic acids is 2. The second-order valence-electron chi connectivity index (χ2n) is 12.0. The molecule has 1 unspecified atom stereocenters. The molecule has 0 aliphatic carbocycles. The molecule has 0 aliphatic heterocycles. The third kappa shape index (κ3) is 31.0. The minimum Gasteiger partial charge on any atom is -0.480 e. The van der Waals surface area contributed by atoms with Gasteiger partial charge in [-0.3, -0.25) is 23.4 Å². The molecule has 47 heavy (non-hydrogen) atoms. The van der Waals surface area contributed by atoms with Crippen LogP contribution in [0.2, 0.25) is 0 Å². The van der Waals surface area contributed by atoms with Crippen molar-refractivity contribution in [2.24, 2.45) is 5.73 Å². The first-order chi connectivity index (χ1) is 22.6. The van der Waals surface area contributed by atoms with Crippen LogP contribution < -0.4 is 5.73 Å². The van der Waals surface area contributed by atoms with E-state index in [1.165, 1.54) is 44.9 Å². The molecular weight excluding hydrogens is 625 g/mol. The number of carbonyl (C=O) groups is 3. The average Bonchev–Trinajstić information content (AvgIpc) is 3.04. The third-order valence-corrected chi connectivity index (χ3v) is 8.40. The number of carboxylic acid groups (broad SMARTS) is 1. The minimum atomic E-state index is -4.70. The molecule has 0 saturated heterocycles. The lowest BCUT2D eigenvalue weighted by molar-refractivity contribution is -0.161. The van der Waals surface area contributed by atoms with E-state index < -0.39 is 51.1 Å². The number of carboxylic acids is 1. The molecule has 0 radical (unpaired) electrons. The first kappa shape index (κ1) is 45.0. The first-order valence-corrected chi connectivity index (χ1v) is 19.4. The van der Waals surface area contributed by atoms with Gasteiger partial charge in [0.1, 0.15) is 12.6 Å². The zero-order valence-corrected chi connectivity index (χ0v) is 30.0. The van der Waals surface area contributed by atoms with Crippen molar-refractivity contribution < 1.29 is 47.5 Å². The molecule has 4 N–H and O–H groups in total. The summed E-state index contributed by atoms with van der Waals surface area (Å²) in [6, 6.07) is -1.52. The van der Waals surface area contributed by atoms with Crippen molar-refractivity contribution >= 4 is 25.7 Å². The Kier molecular flexibility index (Phi) is 29.9. The van der Waals surface area contributed by atoms with Gasteiger partial charge in [0, 0.05) is 12.8 Å². The van der Waals surface area contributed by atoms with Crippen molar-refractivity contribution in [2.75, 3.05) is 19.8 Å². The van der Waals surface area contributed by atoms with Crippen LogP contribution in [0.1, 0.15) is 149 Å². The van der Waals surface area contributed by atoms with E-state index in [1.54, 1.807) is 0 Å². The van der Waals surface area contributed by atoms with E-state index >= 15 is 0 Å². The summed E-state index contributed by atoms with van der Waals surface area (Å²) in [4.78, 5) is 45.5. The molecule has 0 aliphatic rings. The van der Waals surface area contributed by atoms with E-state index in [9.17, 15) is 23.8 Å². The molecule has 0 aromatic rings. The van der Waals surface area contributed by atoms with Gasteiger partial charge >= 0.3 is 25.7 Å². The SMILES string of the molecule is CCCC/C=C\C/C=C\CCCCCCCC(=O)OC[C@H](COP(=O)(O)OC[C@H](N)C(=O)O)OC(=O)CCCCCCCCCCC. The van der Waals surface area contributed by atoms with Gasteiger partial charge in [0.05, 0.1) is 13.2 Å². The van der Waals surface area contributed by atoms with E-state index in [0.717, 1.165) is 64.2 Å². The second-order valence-corrected chi connectivity index (χ2v) is 13.5. The molecule has 3 atom stereocenters. The highest BCUT2D eigenvalue weighted by Gasteiger charge is 2.28. The largest absolute Gasteiger partial charge is 0.480 e. The number of ether oxygens (including phenoxy) is 2. The molecule has 0 saturated carbocycles. The number of phosphoric ester groups is 1. The highest BCUT2D eigenvalue weighted by Crippen LogP contribution is 2.43. The lowest BCUT2D eigenvalue weighted by Crippen LogP contribution is -2.34. The fraction of sp³-hybridized carbons (Fsp3) is 0.800. The van der Waals surface area contributed by atoms with E-state index in [4.69, 9.17) is 24.8 Å². The van der Waals surface area contributed by atoms with Crippen molar-refractivity contribution in [3.05, 3.63) is 24.3 Å². The summed E-state index contributed by atoms with van der Waals surface area (Å²) in [6.45, 7) is 2.69. The Bertz CT molecular complexity index is 911. The molecule has 0 amide bonds. The first-order valence-electron chi connectivity index (χ1n) is 17.9. The second kappa shape index (κ2) is 31.2. The predicted molar refractivity (Wildman–Crippen MR) is 185 cm³/mol. The molecule has 0 fully saturated rings. The van der Waals surface area contributed by atoms with E-state index in [2.05, 4.69) is 42.7 Å². The molecule has 0 aromatic heterocycles. The summed E-state index contributed by atoms with van der Waals surface area (Å²) in [5.41, 5.74) is 5.30. The Balaban J connectivity index is 4.47. The monoisotopic (exact) mass is 689 g/mol. The van der Waals surface area contributed by atoms with Crippen molar-refractivity contribution in [3.63, 3.8) is 0 Å². The maximum absolute atomic E-state index is 12.5. The van der Waals surface area contributed by atoms with Crippen LogP contribution in [-0.4, -0.2) is 59.9 Å². The standard InChI is InChI=1S/C35H64NO10P/c1-3-5-7-9-11-13-14-15-16-17-19-20-22-24-26-33(37)43-28-31(29-44-47(41,42)45-30-32(36)35(39)40)46-34(38)27-25-23-21-18-12-10-8-6-4-2/h9,11,14-15,31-32H,3-8,10,12-13,16-30,36H2,1-2H3,(H,39,40)(H,41,42)/b11-9-,15-14-/t31-,32+/m1/s1. The predicted octanol–water partition coefficient (Wildman–Crippen LogP) is 8.33. The van der Waals surface area contributed by atoms with Gasteiger partial charge < -0.3 is 25.2 Å². The number of esters is 2. The molecular formula is C35H64NO10P. The van der Waals surface area contributed by atoms with Crippen LogP contribution >= 0.6 is 7.82 Å². The number of unbranched alkanes of at least 4 members (excludes halogenated alkanes) is 15. The van der Waals surface area contributed by atoms with Crippen LogP contribution in [0.3, 0.4) is 0 Å². The van der Waals surface area contributed by atoms with E-state index in [0.29, 0.717) is 12.8 Å². The van der Waals surface area contributed by atoms with Crippen LogP contribution in [-0.2, 0) is 37.5 Å². The molecule has 0 spiro atoms. The number of hydrogen-bond donors (Lipinski definition) is 3. The van der Waals surface area contributed by atoms with Crippen molar-refractivity contribution in [1.82, 2.24) is 0 Å². The number of allylic oxidation sites excluding steroid dienone is 4. The maximum atomic E-state index is 12.5. The number of aliphatic carboxylic acids is 1. The van der Waals surface area contributed by atoms with Crippen LogP contribution in [0.15, 0.2) is 24.3 Å². The Morgan fingerprint density at radius 3 is 1.72 bits per heavy atom. The normalized spacial score (nSPS) is 14.3. The smallest absolute Gasteiger partial charge is 0.472 e. The summed E-state index contributed by atoms with van der Waals surface area (Å²) in [5, 5.41) is 8.83. The van der Waals surface area contributed by atoms with Gasteiger partial charge in [-0.2, -0.15) is 0 Å². The van der Waals surface area contributed by atoms with Gasteiger partial charge in [-0.15, -0.1) is 0 Å². The molecule has 12 heteroatoms. The highest BCUT2D eigenvalue weighted by atomic mass is 31.2. The number of rotatable bonds is 33. The quantitative estimate of drug-likeness (QED) is 0.0262. The zero-order valence-electron chi connectivity index (χ0n) is 29.1. The highest BCUT2D eigenvalue weighted by molar-refractivity contribution is 7.47. The van der Waals surface area contributed by atoms with Crippen LogP contribution in [0.25, 0.3) is 0 Å². The number of hydrogen-bond acceptors (Lipinski definition) is 9. The lowest BCUT2D eigenvalue weighted by Gasteiger charge is -2.20. The summed E-state index contributed by atoms with van der Waals surface area (Å²) >= 11 is 0. The average molecular weight is 690 g/mol. The topological polar surface area (TPSA) is 172 Å². The molecule has 11 nitrogen and oxygen atoms in total. The van der Waals surface area contributed by atoms with Crippen LogP contribution in [0, 0.1) is 0 Å². The van der Waals surface area contributed by atoms with Gasteiger partial charge in [0.15, 0.2) is 6.10 Å². The van der Waals surface area contributed by atoms with Crippen molar-refractivity contribution in [3.8, 4) is 0 Å². The van der Waals surface area contributed by atoms with Crippen LogP contribution in [0.4, 0.5) is 0 Å². The fourth-order valence-corrected chi connectivity index (χ4v) is 5.33.